The van der Waals surface area contributed by atoms with Crippen molar-refractivity contribution in [1.82, 2.24) is 0 Å². The molecule has 0 unspecified atom stereocenters. The molecular formula is C41H64O18. The van der Waals surface area contributed by atoms with Crippen molar-refractivity contribution in [1.29, 1.82) is 0 Å². The topological polar surface area (TPSA) is 246 Å². The molecule has 0 aromatic carbocycles. The number of hydrogen-bond donors (Lipinski definition) is 3. The van der Waals surface area contributed by atoms with Crippen LogP contribution >= 0.6 is 0 Å². The number of hydrogen-bond acceptors (Lipinski definition) is 15. The maximum Gasteiger partial charge on any atom is 0.506 e. The summed E-state index contributed by atoms with van der Waals surface area (Å²) in [5, 5.41) is 25.5. The lowest BCUT2D eigenvalue weighted by atomic mass is 9.95. The fourth-order valence-corrected chi connectivity index (χ4v) is 6.31. The van der Waals surface area contributed by atoms with Crippen LogP contribution in [-0.2, 0) is 57.0 Å². The van der Waals surface area contributed by atoms with Gasteiger partial charge in [-0.2, -0.15) is 0 Å². The van der Waals surface area contributed by atoms with E-state index in [1.807, 2.05) is 0 Å². The molecule has 0 saturated heterocycles. The van der Waals surface area contributed by atoms with Crippen molar-refractivity contribution in [3.8, 4) is 0 Å². The summed E-state index contributed by atoms with van der Waals surface area (Å²) in [5.41, 5.74) is 0.367. The lowest BCUT2D eigenvalue weighted by molar-refractivity contribution is -0.142. The Morgan fingerprint density at radius 3 is 1.10 bits per heavy atom. The first-order valence-corrected chi connectivity index (χ1v) is 20.2. The monoisotopic (exact) mass is 844 g/mol. The molecule has 18 nitrogen and oxygen atoms in total. The maximum absolute atomic E-state index is 11.1. The van der Waals surface area contributed by atoms with E-state index in [-0.39, 0.29) is 55.8 Å². The Hall–Kier alpha value is -4.68. The average Bonchev–Trinajstić information content (AvgIpc) is 3.20. The van der Waals surface area contributed by atoms with Crippen LogP contribution in [0.2, 0.25) is 0 Å². The molecular weight excluding hydrogens is 780 g/mol. The smallest absolute Gasteiger partial charge is 0.463 e. The highest BCUT2D eigenvalue weighted by molar-refractivity contribution is 5.86. The predicted octanol–water partition coefficient (Wildman–Crippen LogP) is 7.16. The zero-order chi connectivity index (χ0) is 43.8. The number of carbonyl (C=O) groups is 6. The largest absolute Gasteiger partial charge is 0.506 e. The van der Waals surface area contributed by atoms with Gasteiger partial charge in [-0.15, -0.1) is 0 Å². The third-order valence-electron chi connectivity index (χ3n) is 9.34. The molecule has 59 heavy (non-hydrogen) atoms. The van der Waals surface area contributed by atoms with E-state index in [0.29, 0.717) is 51.1 Å². The van der Waals surface area contributed by atoms with Gasteiger partial charge in [-0.1, -0.05) is 26.2 Å². The molecule has 3 saturated carbocycles. The number of rotatable bonds is 22. The van der Waals surface area contributed by atoms with Crippen LogP contribution in [0.1, 0.15) is 110 Å². The molecule has 3 rings (SSSR count). The van der Waals surface area contributed by atoms with Gasteiger partial charge in [0.1, 0.15) is 31.5 Å². The Balaban J connectivity index is 0.000000445. The SMILES string of the molecule is C=C(C)C(=O)OCCOC1CCC(OC(=O)O)CC1.C=CC(=O)OCCCCCCOC1CCC(OC(=O)O)CC1.C=CC(=O)OCCOC1CCC(OC(=O)O)CC1. The molecule has 3 fully saturated rings. The highest BCUT2D eigenvalue weighted by Crippen LogP contribution is 2.25. The van der Waals surface area contributed by atoms with E-state index in [1.54, 1.807) is 6.92 Å². The van der Waals surface area contributed by atoms with Crippen molar-refractivity contribution in [3.05, 3.63) is 37.5 Å². The van der Waals surface area contributed by atoms with E-state index in [2.05, 4.69) is 19.7 Å². The number of carboxylic acid groups (broad SMARTS) is 3. The van der Waals surface area contributed by atoms with Crippen molar-refractivity contribution in [2.24, 2.45) is 0 Å². The molecule has 0 spiro atoms. The first-order chi connectivity index (χ1) is 28.2. The Morgan fingerprint density at radius 1 is 0.458 bits per heavy atom. The minimum atomic E-state index is -1.23. The zero-order valence-corrected chi connectivity index (χ0v) is 34.3. The van der Waals surface area contributed by atoms with Crippen LogP contribution in [0.25, 0.3) is 0 Å². The lowest BCUT2D eigenvalue weighted by Gasteiger charge is -2.27. The third-order valence-corrected chi connectivity index (χ3v) is 9.34. The van der Waals surface area contributed by atoms with Gasteiger partial charge in [0.15, 0.2) is 0 Å². The second-order valence-corrected chi connectivity index (χ2v) is 14.0. The summed E-state index contributed by atoms with van der Waals surface area (Å²) < 4.78 is 45.6. The maximum atomic E-state index is 11.1. The highest BCUT2D eigenvalue weighted by atomic mass is 16.7. The minimum absolute atomic E-state index is 0.0807. The van der Waals surface area contributed by atoms with Crippen LogP contribution in [-0.4, -0.2) is 128 Å². The van der Waals surface area contributed by atoms with Crippen molar-refractivity contribution in [3.63, 3.8) is 0 Å². The molecule has 0 amide bonds. The molecule has 0 aliphatic heterocycles. The van der Waals surface area contributed by atoms with Gasteiger partial charge >= 0.3 is 36.4 Å². The number of carbonyl (C=O) groups excluding carboxylic acids is 3. The van der Waals surface area contributed by atoms with Crippen molar-refractivity contribution in [2.75, 3.05) is 39.6 Å². The van der Waals surface area contributed by atoms with Gasteiger partial charge in [0.25, 0.3) is 0 Å². The fourth-order valence-electron chi connectivity index (χ4n) is 6.31. The standard InChI is InChI=1S/C16H26O6.C13H20O6.C12H18O6/c1-2-15(17)21-12-6-4-3-5-11-20-13-7-9-14(10-8-13)22-16(18)19;1-9(2)12(14)18-8-7-17-10-3-5-11(6-4-10)19-13(15)16;1-2-11(13)17-8-7-16-9-3-5-10(6-4-9)18-12(14)15/h2,13-14H,1,3-12H2,(H,18,19);10-11H,1,3-8H2,2H3,(H,15,16);2,9-10H,1,3-8H2,(H,14,15). The Morgan fingerprint density at radius 2 is 0.763 bits per heavy atom. The van der Waals surface area contributed by atoms with Crippen LogP contribution < -0.4 is 0 Å². The van der Waals surface area contributed by atoms with Gasteiger partial charge in [-0.25, -0.2) is 28.8 Å². The summed E-state index contributed by atoms with van der Waals surface area (Å²) in [6.07, 6.45) is 11.2. The lowest BCUT2D eigenvalue weighted by Crippen LogP contribution is -2.28. The Kier molecular flexibility index (Phi) is 28.6. The second-order valence-electron chi connectivity index (χ2n) is 14.0. The molecule has 18 heteroatoms. The number of unbranched alkanes of at least 4 members (excludes halogenated alkanes) is 3. The van der Waals surface area contributed by atoms with E-state index in [4.69, 9.17) is 58.0 Å². The van der Waals surface area contributed by atoms with Crippen LogP contribution in [0.3, 0.4) is 0 Å². The van der Waals surface area contributed by atoms with Crippen LogP contribution in [0.5, 0.6) is 0 Å². The predicted molar refractivity (Wildman–Crippen MR) is 210 cm³/mol. The Bertz CT molecular complexity index is 1280. The average molecular weight is 845 g/mol. The van der Waals surface area contributed by atoms with E-state index >= 15 is 0 Å². The normalized spacial score (nSPS) is 22.2. The van der Waals surface area contributed by atoms with Crippen molar-refractivity contribution < 1.29 is 86.7 Å². The molecule has 0 radical (unpaired) electrons. The molecule has 0 atom stereocenters. The third kappa shape index (κ3) is 28.4. The van der Waals surface area contributed by atoms with E-state index < -0.39 is 30.4 Å². The van der Waals surface area contributed by atoms with Gasteiger partial charge in [-0.05, 0) is 103 Å². The van der Waals surface area contributed by atoms with Crippen molar-refractivity contribution in [2.45, 2.75) is 146 Å². The highest BCUT2D eigenvalue weighted by Gasteiger charge is 2.26. The quantitative estimate of drug-likeness (QED) is 0.0423. The van der Waals surface area contributed by atoms with Gasteiger partial charge in [-0.3, -0.25) is 0 Å². The first kappa shape index (κ1) is 52.3. The van der Waals surface area contributed by atoms with Crippen LogP contribution in [0.4, 0.5) is 14.4 Å². The molecule has 3 aliphatic rings. The summed E-state index contributed by atoms with van der Waals surface area (Å²) in [6.45, 7) is 13.9. The van der Waals surface area contributed by atoms with Gasteiger partial charge in [0.2, 0.25) is 0 Å². The summed E-state index contributed by atoms with van der Waals surface area (Å²) in [5.74, 6) is -1.25. The van der Waals surface area contributed by atoms with Gasteiger partial charge in [0.05, 0.1) is 38.1 Å². The second kappa shape index (κ2) is 32.2. The summed E-state index contributed by atoms with van der Waals surface area (Å²) in [7, 11) is 0. The molecule has 0 bridgehead atoms. The zero-order valence-electron chi connectivity index (χ0n) is 34.3. The molecule has 3 aliphatic carbocycles. The molecule has 0 aromatic heterocycles. The molecule has 3 N–H and O–H groups in total. The molecule has 336 valence electrons. The number of esters is 3. The fraction of sp³-hybridized carbons (Fsp3) is 0.707. The summed E-state index contributed by atoms with van der Waals surface area (Å²) >= 11 is 0. The van der Waals surface area contributed by atoms with Gasteiger partial charge in [0, 0.05) is 24.3 Å². The van der Waals surface area contributed by atoms with E-state index in [1.165, 1.54) is 6.08 Å². The van der Waals surface area contributed by atoms with E-state index in [9.17, 15) is 28.8 Å². The number of ether oxygens (including phenoxy) is 9. The molecule has 0 aromatic rings. The minimum Gasteiger partial charge on any atom is -0.463 e. The van der Waals surface area contributed by atoms with Gasteiger partial charge < -0.3 is 58.0 Å². The summed E-state index contributed by atoms with van der Waals surface area (Å²) in [4.78, 5) is 63.8. The molecule has 0 heterocycles. The Labute approximate surface area is 346 Å². The van der Waals surface area contributed by atoms with Crippen LogP contribution in [0.15, 0.2) is 37.5 Å². The summed E-state index contributed by atoms with van der Waals surface area (Å²) in [6, 6.07) is 0. The van der Waals surface area contributed by atoms with Crippen LogP contribution in [0, 0.1) is 0 Å². The van der Waals surface area contributed by atoms with Crippen molar-refractivity contribution >= 4 is 36.4 Å². The first-order valence-electron chi connectivity index (χ1n) is 20.2. The van der Waals surface area contributed by atoms with E-state index in [0.717, 1.165) is 89.7 Å².